The number of carbonyl (C=O) groups excluding carboxylic acids is 2. The molecule has 0 spiro atoms. The van der Waals surface area contributed by atoms with Crippen molar-refractivity contribution in [3.63, 3.8) is 0 Å². The summed E-state index contributed by atoms with van der Waals surface area (Å²) in [4.78, 5) is 25.5. The second-order valence-corrected chi connectivity index (χ2v) is 7.21. The van der Waals surface area contributed by atoms with Gasteiger partial charge in [0.15, 0.2) is 0 Å². The lowest BCUT2D eigenvalue weighted by atomic mass is 10.0. The van der Waals surface area contributed by atoms with Crippen molar-refractivity contribution in [2.45, 2.75) is 26.3 Å². The van der Waals surface area contributed by atoms with Gasteiger partial charge in [-0.25, -0.2) is 5.01 Å². The smallest absolute Gasteiger partial charge is 0.262 e. The van der Waals surface area contributed by atoms with Gasteiger partial charge in [-0.05, 0) is 17.0 Å². The van der Waals surface area contributed by atoms with Crippen LogP contribution in [0.3, 0.4) is 0 Å². The summed E-state index contributed by atoms with van der Waals surface area (Å²) in [5.41, 5.74) is 1.95. The molecular formula is C19H21N3O2S. The zero-order valence-corrected chi connectivity index (χ0v) is 15.1. The highest BCUT2D eigenvalue weighted by Gasteiger charge is 2.33. The van der Waals surface area contributed by atoms with E-state index >= 15 is 0 Å². The van der Waals surface area contributed by atoms with Gasteiger partial charge in [0, 0.05) is 12.3 Å². The van der Waals surface area contributed by atoms with Gasteiger partial charge in [-0.3, -0.25) is 9.59 Å². The zero-order valence-electron chi connectivity index (χ0n) is 14.3. The first-order chi connectivity index (χ1) is 12.1. The number of thiophene rings is 1. The van der Waals surface area contributed by atoms with Crippen LogP contribution in [0.1, 0.15) is 36.8 Å². The van der Waals surface area contributed by atoms with E-state index in [0.717, 1.165) is 16.2 Å². The van der Waals surface area contributed by atoms with Gasteiger partial charge in [-0.2, -0.15) is 5.10 Å². The molecule has 1 aliphatic heterocycles. The normalized spacial score (nSPS) is 16.8. The number of benzene rings is 1. The van der Waals surface area contributed by atoms with E-state index in [4.69, 9.17) is 0 Å². The Balaban J connectivity index is 1.80. The van der Waals surface area contributed by atoms with Crippen molar-refractivity contribution in [1.82, 2.24) is 10.3 Å². The molecule has 0 radical (unpaired) electrons. The molecule has 0 saturated heterocycles. The Morgan fingerprint density at radius 2 is 2.00 bits per heavy atom. The van der Waals surface area contributed by atoms with Crippen LogP contribution < -0.4 is 5.32 Å². The molecule has 6 heteroatoms. The molecule has 0 bridgehead atoms. The van der Waals surface area contributed by atoms with Gasteiger partial charge >= 0.3 is 0 Å². The molecule has 1 unspecified atom stereocenters. The SMILES string of the molecule is CC(C)C(=O)NCC(=O)N1N=C(c2cccs2)CC1c1ccccc1. The Bertz CT molecular complexity index is 769. The highest BCUT2D eigenvalue weighted by molar-refractivity contribution is 7.12. The summed E-state index contributed by atoms with van der Waals surface area (Å²) in [6, 6.07) is 13.7. The van der Waals surface area contributed by atoms with Crippen LogP contribution in [-0.2, 0) is 9.59 Å². The van der Waals surface area contributed by atoms with Gasteiger partial charge in [-0.15, -0.1) is 11.3 Å². The summed E-state index contributed by atoms with van der Waals surface area (Å²) in [6.45, 7) is 3.56. The predicted molar refractivity (Wildman–Crippen MR) is 99.3 cm³/mol. The molecule has 0 aliphatic carbocycles. The maximum atomic E-state index is 12.7. The van der Waals surface area contributed by atoms with Crippen molar-refractivity contribution in [2.75, 3.05) is 6.54 Å². The van der Waals surface area contributed by atoms with Crippen LogP contribution in [0.15, 0.2) is 52.9 Å². The number of rotatable bonds is 5. The first-order valence-electron chi connectivity index (χ1n) is 8.32. The minimum Gasteiger partial charge on any atom is -0.347 e. The van der Waals surface area contributed by atoms with E-state index in [2.05, 4.69) is 10.4 Å². The van der Waals surface area contributed by atoms with Crippen molar-refractivity contribution in [3.05, 3.63) is 58.3 Å². The number of hydrogen-bond donors (Lipinski definition) is 1. The number of hydrogen-bond acceptors (Lipinski definition) is 4. The van der Waals surface area contributed by atoms with Crippen LogP contribution >= 0.6 is 11.3 Å². The average Bonchev–Trinajstić information content (AvgIpc) is 3.29. The largest absolute Gasteiger partial charge is 0.347 e. The third kappa shape index (κ3) is 3.96. The molecule has 2 heterocycles. The average molecular weight is 355 g/mol. The predicted octanol–water partition coefficient (Wildman–Crippen LogP) is 3.20. The molecule has 2 amide bonds. The lowest BCUT2D eigenvalue weighted by Crippen LogP contribution is -2.39. The molecule has 1 aromatic heterocycles. The van der Waals surface area contributed by atoms with E-state index in [9.17, 15) is 9.59 Å². The van der Waals surface area contributed by atoms with Crippen LogP contribution in [-0.4, -0.2) is 29.1 Å². The molecule has 25 heavy (non-hydrogen) atoms. The molecule has 3 rings (SSSR count). The molecule has 1 atom stereocenters. The van der Waals surface area contributed by atoms with E-state index in [1.165, 1.54) is 5.01 Å². The molecule has 1 N–H and O–H groups in total. The second kappa shape index (κ2) is 7.61. The fraction of sp³-hybridized carbons (Fsp3) is 0.316. The lowest BCUT2D eigenvalue weighted by Gasteiger charge is -2.22. The monoisotopic (exact) mass is 355 g/mol. The van der Waals surface area contributed by atoms with Crippen LogP contribution in [0, 0.1) is 5.92 Å². The first-order valence-corrected chi connectivity index (χ1v) is 9.20. The van der Waals surface area contributed by atoms with E-state index < -0.39 is 0 Å². The number of nitrogens with zero attached hydrogens (tertiary/aromatic N) is 2. The topological polar surface area (TPSA) is 61.8 Å². The van der Waals surface area contributed by atoms with Crippen LogP contribution in [0.4, 0.5) is 0 Å². The number of nitrogens with one attached hydrogen (secondary N) is 1. The number of amides is 2. The number of hydrazone groups is 1. The van der Waals surface area contributed by atoms with Crippen molar-refractivity contribution in [1.29, 1.82) is 0 Å². The fourth-order valence-corrected chi connectivity index (χ4v) is 3.44. The lowest BCUT2D eigenvalue weighted by molar-refractivity contribution is -0.135. The third-order valence-corrected chi connectivity index (χ3v) is 5.01. The standard InChI is InChI=1S/C19H21N3O2S/c1-13(2)19(24)20-12-18(23)22-16(14-7-4-3-5-8-14)11-15(21-22)17-9-6-10-25-17/h3-10,13,16H,11-12H2,1-2H3,(H,20,24). The summed E-state index contributed by atoms with van der Waals surface area (Å²) in [5, 5.41) is 10.8. The molecular weight excluding hydrogens is 334 g/mol. The molecule has 2 aromatic rings. The van der Waals surface area contributed by atoms with Gasteiger partial charge in [0.2, 0.25) is 5.91 Å². The van der Waals surface area contributed by atoms with Gasteiger partial charge in [-0.1, -0.05) is 50.2 Å². The molecule has 1 aliphatic rings. The Labute approximate surface area is 151 Å². The van der Waals surface area contributed by atoms with Crippen molar-refractivity contribution in [2.24, 2.45) is 11.0 Å². The Morgan fingerprint density at radius 3 is 2.64 bits per heavy atom. The maximum Gasteiger partial charge on any atom is 0.262 e. The van der Waals surface area contributed by atoms with Crippen LogP contribution in [0.5, 0.6) is 0 Å². The zero-order chi connectivity index (χ0) is 17.8. The third-order valence-electron chi connectivity index (χ3n) is 4.09. The van der Waals surface area contributed by atoms with Crippen molar-refractivity contribution >= 4 is 28.9 Å². The minimum absolute atomic E-state index is 0.0401. The van der Waals surface area contributed by atoms with Gasteiger partial charge < -0.3 is 5.32 Å². The van der Waals surface area contributed by atoms with Crippen LogP contribution in [0.2, 0.25) is 0 Å². The first kappa shape index (κ1) is 17.4. The summed E-state index contributed by atoms with van der Waals surface area (Å²) < 4.78 is 0. The van der Waals surface area contributed by atoms with Gasteiger partial charge in [0.05, 0.1) is 23.2 Å². The van der Waals surface area contributed by atoms with E-state index in [0.29, 0.717) is 6.42 Å². The Morgan fingerprint density at radius 1 is 1.24 bits per heavy atom. The maximum absolute atomic E-state index is 12.7. The summed E-state index contributed by atoms with van der Waals surface area (Å²) in [7, 11) is 0. The summed E-state index contributed by atoms with van der Waals surface area (Å²) in [5.74, 6) is -0.484. The quantitative estimate of drug-likeness (QED) is 0.895. The van der Waals surface area contributed by atoms with E-state index in [-0.39, 0.29) is 30.3 Å². The summed E-state index contributed by atoms with van der Waals surface area (Å²) >= 11 is 1.61. The van der Waals surface area contributed by atoms with E-state index in [1.54, 1.807) is 25.2 Å². The molecule has 1 aromatic carbocycles. The minimum atomic E-state index is -0.200. The number of carbonyl (C=O) groups is 2. The fourth-order valence-electron chi connectivity index (χ4n) is 2.71. The summed E-state index contributed by atoms with van der Waals surface area (Å²) in [6.07, 6.45) is 0.675. The van der Waals surface area contributed by atoms with Crippen molar-refractivity contribution in [3.8, 4) is 0 Å². The molecule has 130 valence electrons. The van der Waals surface area contributed by atoms with Gasteiger partial charge in [0.25, 0.3) is 5.91 Å². The molecule has 5 nitrogen and oxygen atoms in total. The van der Waals surface area contributed by atoms with Crippen molar-refractivity contribution < 1.29 is 9.59 Å². The molecule has 0 saturated carbocycles. The van der Waals surface area contributed by atoms with E-state index in [1.807, 2.05) is 47.8 Å². The highest BCUT2D eigenvalue weighted by Crippen LogP contribution is 2.33. The highest BCUT2D eigenvalue weighted by atomic mass is 32.1. The van der Waals surface area contributed by atoms with Crippen LogP contribution in [0.25, 0.3) is 0 Å². The Hall–Kier alpha value is -2.47. The van der Waals surface area contributed by atoms with Gasteiger partial charge in [0.1, 0.15) is 0 Å². The second-order valence-electron chi connectivity index (χ2n) is 6.27. The molecule has 0 fully saturated rings. The Kier molecular flexibility index (Phi) is 5.28.